The van der Waals surface area contributed by atoms with Crippen molar-refractivity contribution in [2.45, 2.75) is 0 Å². The number of ether oxygens (including phenoxy) is 2. The van der Waals surface area contributed by atoms with E-state index in [1.807, 2.05) is 0 Å². The third kappa shape index (κ3) is 6.76. The van der Waals surface area contributed by atoms with E-state index in [1.165, 1.54) is 0 Å². The molecule has 0 atom stereocenters. The molecule has 0 spiro atoms. The summed E-state index contributed by atoms with van der Waals surface area (Å²) in [5, 5.41) is 2.75. The predicted octanol–water partition coefficient (Wildman–Crippen LogP) is -0.00950. The summed E-state index contributed by atoms with van der Waals surface area (Å²) in [5.41, 5.74) is 12.0. The average Bonchev–Trinajstić information content (AvgIpc) is 2.42. The monoisotopic (exact) mass is 267 g/mol. The molecule has 0 heterocycles. The number of rotatable bonds is 9. The molecule has 1 aromatic carbocycles. The van der Waals surface area contributed by atoms with E-state index < -0.39 is 0 Å². The van der Waals surface area contributed by atoms with E-state index in [-0.39, 0.29) is 5.91 Å². The first-order chi connectivity index (χ1) is 9.24. The Morgan fingerprint density at radius 3 is 2.32 bits per heavy atom. The molecule has 0 aliphatic heterocycles. The summed E-state index contributed by atoms with van der Waals surface area (Å²) in [6.07, 6.45) is 0. The summed E-state index contributed by atoms with van der Waals surface area (Å²) in [7, 11) is 0. The molecule has 0 radical (unpaired) electrons. The van der Waals surface area contributed by atoms with Crippen molar-refractivity contribution in [3.63, 3.8) is 0 Å². The first kappa shape index (κ1) is 15.4. The van der Waals surface area contributed by atoms with Crippen LogP contribution in [0, 0.1) is 0 Å². The van der Waals surface area contributed by atoms with Crippen LogP contribution in [0.3, 0.4) is 0 Å². The van der Waals surface area contributed by atoms with Gasteiger partial charge in [-0.1, -0.05) is 0 Å². The van der Waals surface area contributed by atoms with Crippen LogP contribution in [0.2, 0.25) is 0 Å². The van der Waals surface area contributed by atoms with Crippen molar-refractivity contribution >= 4 is 11.6 Å². The molecule has 0 saturated heterocycles. The lowest BCUT2D eigenvalue weighted by Crippen LogP contribution is -2.27. The van der Waals surface area contributed by atoms with Crippen LogP contribution in [0.25, 0.3) is 0 Å². The van der Waals surface area contributed by atoms with Crippen molar-refractivity contribution in [1.29, 1.82) is 0 Å². The van der Waals surface area contributed by atoms with Crippen LogP contribution in [-0.2, 0) is 9.47 Å². The highest BCUT2D eigenvalue weighted by Gasteiger charge is 2.03. The van der Waals surface area contributed by atoms with E-state index in [1.54, 1.807) is 24.3 Å². The van der Waals surface area contributed by atoms with Gasteiger partial charge in [-0.3, -0.25) is 4.79 Å². The number of nitrogens with one attached hydrogen (secondary N) is 1. The quantitative estimate of drug-likeness (QED) is 0.431. The van der Waals surface area contributed by atoms with E-state index >= 15 is 0 Å². The average molecular weight is 267 g/mol. The van der Waals surface area contributed by atoms with E-state index in [9.17, 15) is 4.79 Å². The van der Waals surface area contributed by atoms with Crippen molar-refractivity contribution in [2.24, 2.45) is 5.73 Å². The zero-order valence-corrected chi connectivity index (χ0v) is 10.9. The Morgan fingerprint density at radius 2 is 1.68 bits per heavy atom. The largest absolute Gasteiger partial charge is 0.399 e. The lowest BCUT2D eigenvalue weighted by atomic mass is 10.2. The van der Waals surface area contributed by atoms with Crippen molar-refractivity contribution < 1.29 is 14.3 Å². The van der Waals surface area contributed by atoms with Gasteiger partial charge < -0.3 is 26.3 Å². The lowest BCUT2D eigenvalue weighted by Gasteiger charge is -2.07. The molecule has 0 bridgehead atoms. The van der Waals surface area contributed by atoms with Crippen LogP contribution in [-0.4, -0.2) is 45.4 Å². The van der Waals surface area contributed by atoms with Gasteiger partial charge in [0.2, 0.25) is 0 Å². The highest BCUT2D eigenvalue weighted by Crippen LogP contribution is 2.04. The van der Waals surface area contributed by atoms with Gasteiger partial charge in [0, 0.05) is 24.3 Å². The number of nitrogens with two attached hydrogens (primary N) is 2. The maximum Gasteiger partial charge on any atom is 0.251 e. The second kappa shape index (κ2) is 9.32. The molecule has 19 heavy (non-hydrogen) atoms. The predicted molar refractivity (Wildman–Crippen MR) is 73.9 cm³/mol. The summed E-state index contributed by atoms with van der Waals surface area (Å²) in [5.74, 6) is -0.136. The number of anilines is 1. The number of benzene rings is 1. The molecule has 0 saturated carbocycles. The van der Waals surface area contributed by atoms with Gasteiger partial charge in [0.1, 0.15) is 0 Å². The van der Waals surface area contributed by atoms with Crippen LogP contribution in [0.5, 0.6) is 0 Å². The van der Waals surface area contributed by atoms with Crippen molar-refractivity contribution in [3.8, 4) is 0 Å². The molecular formula is C13H21N3O3. The highest BCUT2D eigenvalue weighted by molar-refractivity contribution is 5.94. The summed E-state index contributed by atoms with van der Waals surface area (Å²) in [6, 6.07) is 6.76. The first-order valence-corrected chi connectivity index (χ1v) is 6.23. The summed E-state index contributed by atoms with van der Waals surface area (Å²) < 4.78 is 10.4. The molecule has 1 amide bonds. The van der Waals surface area contributed by atoms with Crippen molar-refractivity contribution in [3.05, 3.63) is 29.8 Å². The molecule has 0 aromatic heterocycles. The molecule has 5 N–H and O–H groups in total. The minimum atomic E-state index is -0.136. The molecule has 0 aliphatic carbocycles. The second-order valence-corrected chi connectivity index (χ2v) is 3.89. The second-order valence-electron chi connectivity index (χ2n) is 3.89. The third-order valence-electron chi connectivity index (χ3n) is 2.34. The molecule has 0 aliphatic rings. The highest BCUT2D eigenvalue weighted by atomic mass is 16.5. The lowest BCUT2D eigenvalue weighted by molar-refractivity contribution is 0.0511. The Kier molecular flexibility index (Phi) is 7.57. The zero-order chi connectivity index (χ0) is 13.9. The zero-order valence-electron chi connectivity index (χ0n) is 10.9. The molecule has 106 valence electrons. The van der Waals surface area contributed by atoms with Crippen LogP contribution < -0.4 is 16.8 Å². The van der Waals surface area contributed by atoms with Gasteiger partial charge in [0.25, 0.3) is 5.91 Å². The van der Waals surface area contributed by atoms with Gasteiger partial charge in [-0.15, -0.1) is 0 Å². The standard InChI is InChI=1S/C13H21N3O3/c14-5-7-18-9-10-19-8-6-16-13(17)11-1-3-12(15)4-2-11/h1-4H,5-10,14-15H2,(H,16,17). The fraction of sp³-hybridized carbons (Fsp3) is 0.462. The SMILES string of the molecule is NCCOCCOCCNC(=O)c1ccc(N)cc1. The smallest absolute Gasteiger partial charge is 0.251 e. The van der Waals surface area contributed by atoms with Crippen molar-refractivity contribution in [2.75, 3.05) is 45.3 Å². The van der Waals surface area contributed by atoms with Crippen LogP contribution >= 0.6 is 0 Å². The van der Waals surface area contributed by atoms with Gasteiger partial charge in [-0.05, 0) is 24.3 Å². The summed E-state index contributed by atoms with van der Waals surface area (Å²) in [6.45, 7) is 2.97. The molecular weight excluding hydrogens is 246 g/mol. The number of nitrogen functional groups attached to an aromatic ring is 1. The Bertz CT molecular complexity index is 368. The molecule has 6 heteroatoms. The fourth-order valence-corrected chi connectivity index (χ4v) is 1.38. The first-order valence-electron chi connectivity index (χ1n) is 6.23. The van der Waals surface area contributed by atoms with Crippen LogP contribution in [0.15, 0.2) is 24.3 Å². The number of carbonyl (C=O) groups is 1. The van der Waals surface area contributed by atoms with Crippen molar-refractivity contribution in [1.82, 2.24) is 5.32 Å². The number of hydrogen-bond acceptors (Lipinski definition) is 5. The van der Waals surface area contributed by atoms with Crippen LogP contribution in [0.1, 0.15) is 10.4 Å². The Morgan fingerprint density at radius 1 is 1.05 bits per heavy atom. The Hall–Kier alpha value is -1.63. The van der Waals surface area contributed by atoms with E-state index in [0.29, 0.717) is 50.8 Å². The Labute approximate surface area is 113 Å². The van der Waals surface area contributed by atoms with E-state index in [4.69, 9.17) is 20.9 Å². The fourth-order valence-electron chi connectivity index (χ4n) is 1.38. The molecule has 6 nitrogen and oxygen atoms in total. The third-order valence-corrected chi connectivity index (χ3v) is 2.34. The number of hydrogen-bond donors (Lipinski definition) is 3. The molecule has 0 fully saturated rings. The van der Waals surface area contributed by atoms with Gasteiger partial charge in [-0.25, -0.2) is 0 Å². The summed E-state index contributed by atoms with van der Waals surface area (Å²) in [4.78, 5) is 11.7. The maximum atomic E-state index is 11.7. The van der Waals surface area contributed by atoms with E-state index in [0.717, 1.165) is 0 Å². The normalized spacial score (nSPS) is 10.4. The minimum Gasteiger partial charge on any atom is -0.399 e. The van der Waals surface area contributed by atoms with Gasteiger partial charge >= 0.3 is 0 Å². The Balaban J connectivity index is 2.06. The molecule has 1 rings (SSSR count). The maximum absolute atomic E-state index is 11.7. The van der Waals surface area contributed by atoms with Gasteiger partial charge in [0.15, 0.2) is 0 Å². The molecule has 0 unspecified atom stereocenters. The minimum absolute atomic E-state index is 0.136. The van der Waals surface area contributed by atoms with Gasteiger partial charge in [-0.2, -0.15) is 0 Å². The van der Waals surface area contributed by atoms with Crippen LogP contribution in [0.4, 0.5) is 5.69 Å². The topological polar surface area (TPSA) is 99.6 Å². The number of carbonyl (C=O) groups excluding carboxylic acids is 1. The number of amides is 1. The molecule has 1 aromatic rings. The van der Waals surface area contributed by atoms with E-state index in [2.05, 4.69) is 5.32 Å². The summed E-state index contributed by atoms with van der Waals surface area (Å²) >= 11 is 0. The van der Waals surface area contributed by atoms with Gasteiger partial charge in [0.05, 0.1) is 26.4 Å².